The number of imide groups is 1. The highest BCUT2D eigenvalue weighted by molar-refractivity contribution is 9.12. The maximum Gasteiger partial charge on any atom is 0.339 e. The lowest BCUT2D eigenvalue weighted by atomic mass is 9.81. The number of amides is 2. The Morgan fingerprint density at radius 1 is 1.00 bits per heavy atom. The average molecular weight is 849 g/mol. The van der Waals surface area contributed by atoms with Gasteiger partial charge in [0.25, 0.3) is 5.69 Å². The number of ketones is 1. The van der Waals surface area contributed by atoms with Crippen molar-refractivity contribution in [1.29, 1.82) is 0 Å². The lowest BCUT2D eigenvalue weighted by Gasteiger charge is -2.29. The number of esters is 1. The number of nitro groups is 1. The van der Waals surface area contributed by atoms with Crippen LogP contribution in [-0.4, -0.2) is 49.7 Å². The fourth-order valence-corrected chi connectivity index (χ4v) is 7.88. The fourth-order valence-electron chi connectivity index (χ4n) is 5.97. The number of nitro benzene ring substituents is 1. The van der Waals surface area contributed by atoms with E-state index in [-0.39, 0.29) is 50.1 Å². The fraction of sp³-hybridized carbons (Fsp3) is 0.242. The lowest BCUT2D eigenvalue weighted by Crippen LogP contribution is -2.34. The summed E-state index contributed by atoms with van der Waals surface area (Å²) in [7, 11) is 0. The van der Waals surface area contributed by atoms with Gasteiger partial charge in [0.1, 0.15) is 0 Å². The van der Waals surface area contributed by atoms with Crippen LogP contribution in [0.15, 0.2) is 65.1 Å². The zero-order chi connectivity index (χ0) is 33.7. The predicted octanol–water partition coefficient (Wildman–Crippen LogP) is 8.00. The number of pyridine rings is 1. The van der Waals surface area contributed by atoms with Crippen LogP contribution in [0.4, 0.5) is 11.4 Å². The third-order valence-corrected chi connectivity index (χ3v) is 12.6. The summed E-state index contributed by atoms with van der Waals surface area (Å²) < 4.78 is 5.95. The number of Topliss-reactive ketones (excluding diaryl/α,β-unsaturated/α-hetero) is 1. The summed E-state index contributed by atoms with van der Waals surface area (Å²) in [5.41, 5.74) is 2.62. The summed E-state index contributed by atoms with van der Waals surface area (Å²) in [5.74, 6) is -2.52. The van der Waals surface area contributed by atoms with E-state index in [1.54, 1.807) is 43.3 Å². The summed E-state index contributed by atoms with van der Waals surface area (Å²) >= 11 is 17.2. The summed E-state index contributed by atoms with van der Waals surface area (Å²) in [5, 5.41) is 11.8. The van der Waals surface area contributed by atoms with Gasteiger partial charge in [0.05, 0.1) is 44.2 Å². The summed E-state index contributed by atoms with van der Waals surface area (Å²) in [4.78, 5) is 69.4. The van der Waals surface area contributed by atoms with E-state index in [1.165, 1.54) is 29.2 Å². The summed E-state index contributed by atoms with van der Waals surface area (Å²) in [6.07, 6.45) is 1.13. The second kappa shape index (κ2) is 13.2. The van der Waals surface area contributed by atoms with Gasteiger partial charge >= 0.3 is 5.97 Å². The largest absolute Gasteiger partial charge is 0.454 e. The van der Waals surface area contributed by atoms with Crippen molar-refractivity contribution in [3.63, 3.8) is 0 Å². The van der Waals surface area contributed by atoms with E-state index in [9.17, 15) is 29.3 Å². The number of benzene rings is 3. The van der Waals surface area contributed by atoms with Gasteiger partial charge in [-0.15, -0.1) is 0 Å². The molecule has 0 spiro atoms. The first-order valence-electron chi connectivity index (χ1n) is 14.4. The molecule has 4 atom stereocenters. The van der Waals surface area contributed by atoms with Gasteiger partial charge in [-0.05, 0) is 77.7 Å². The molecule has 2 amide bonds. The molecule has 2 aliphatic rings. The number of carbonyl (C=O) groups excluding carboxylic acids is 4. The van der Waals surface area contributed by atoms with Crippen molar-refractivity contribution < 1.29 is 28.8 Å². The number of aromatic nitrogens is 1. The molecule has 0 bridgehead atoms. The quantitative estimate of drug-likeness (QED) is 0.0456. The van der Waals surface area contributed by atoms with Crippen molar-refractivity contribution >= 4 is 105 Å². The Balaban J connectivity index is 1.30. The van der Waals surface area contributed by atoms with Crippen LogP contribution in [0.2, 0.25) is 5.02 Å². The van der Waals surface area contributed by atoms with Gasteiger partial charge in [-0.2, -0.15) is 0 Å². The molecule has 10 nitrogen and oxygen atoms in total. The Kier molecular flexibility index (Phi) is 9.36. The van der Waals surface area contributed by atoms with Crippen LogP contribution in [0.1, 0.15) is 39.1 Å². The van der Waals surface area contributed by atoms with Gasteiger partial charge in [0.2, 0.25) is 11.8 Å². The molecule has 3 aromatic carbocycles. The first-order chi connectivity index (χ1) is 22.3. The molecule has 1 saturated carbocycles. The van der Waals surface area contributed by atoms with Crippen LogP contribution in [0.5, 0.6) is 0 Å². The number of halogens is 4. The minimum atomic E-state index is -0.787. The number of hydrogen-bond acceptors (Lipinski definition) is 8. The van der Waals surface area contributed by atoms with Gasteiger partial charge in [0, 0.05) is 42.8 Å². The molecular weight excluding hydrogens is 826 g/mol. The van der Waals surface area contributed by atoms with E-state index in [0.29, 0.717) is 55.7 Å². The Labute approximate surface area is 298 Å². The van der Waals surface area contributed by atoms with Gasteiger partial charge < -0.3 is 4.74 Å². The van der Waals surface area contributed by atoms with Gasteiger partial charge in [-0.3, -0.25) is 29.4 Å². The van der Waals surface area contributed by atoms with Gasteiger partial charge in [-0.1, -0.05) is 55.6 Å². The molecule has 1 aliphatic carbocycles. The molecule has 1 saturated heterocycles. The van der Waals surface area contributed by atoms with Crippen molar-refractivity contribution in [3.05, 3.63) is 97.0 Å². The number of ether oxygens (including phenoxy) is 1. The number of hydrogen-bond donors (Lipinski definition) is 0. The van der Waals surface area contributed by atoms with Gasteiger partial charge in [0.15, 0.2) is 12.4 Å². The van der Waals surface area contributed by atoms with Crippen LogP contribution < -0.4 is 4.90 Å². The lowest BCUT2D eigenvalue weighted by molar-refractivity contribution is -0.384. The zero-order valence-electron chi connectivity index (χ0n) is 24.4. The van der Waals surface area contributed by atoms with Crippen molar-refractivity contribution in [3.8, 4) is 11.3 Å². The Bertz CT molecular complexity index is 1960. The molecule has 2 heterocycles. The van der Waals surface area contributed by atoms with Crippen molar-refractivity contribution in [2.45, 2.75) is 29.4 Å². The van der Waals surface area contributed by atoms with E-state index >= 15 is 0 Å². The number of alkyl halides is 2. The molecule has 47 heavy (non-hydrogen) atoms. The van der Waals surface area contributed by atoms with Crippen molar-refractivity contribution in [2.75, 3.05) is 11.5 Å². The molecule has 240 valence electrons. The van der Waals surface area contributed by atoms with Crippen molar-refractivity contribution in [2.24, 2.45) is 11.8 Å². The van der Waals surface area contributed by atoms with Crippen LogP contribution in [0.3, 0.4) is 0 Å². The first kappa shape index (κ1) is 33.4. The highest BCUT2D eigenvalue weighted by Crippen LogP contribution is 2.44. The standard InChI is InChI=1S/C33H23Br3ClN3O7/c1-15-29(37)26(36)10-20-23(33(44)47-14-28(41)17-4-8-19(9-5-17)40(45)46)13-27(38-30(15)20)16-2-6-18(7-3-16)39-31(42)21-11-24(34)25(35)12-22(21)32(39)43/h2-10,13,21-22,24-25H,11-12,14H2,1H3. The highest BCUT2D eigenvalue weighted by atomic mass is 79.9. The van der Waals surface area contributed by atoms with E-state index in [0.717, 1.165) is 0 Å². The molecule has 1 aliphatic heterocycles. The minimum Gasteiger partial charge on any atom is -0.454 e. The SMILES string of the molecule is Cc1c(Cl)c(Br)cc2c(C(=O)OCC(=O)c3ccc([N+](=O)[O-])cc3)cc(-c3ccc(N4C(=O)C5CC(Br)C(Br)CC5C4=O)cc3)nc12. The van der Waals surface area contributed by atoms with E-state index in [4.69, 9.17) is 21.3 Å². The number of nitrogens with zero attached hydrogens (tertiary/aromatic N) is 3. The second-order valence-corrected chi connectivity index (χ2v) is 14.9. The van der Waals surface area contributed by atoms with Crippen LogP contribution in [0.25, 0.3) is 22.2 Å². The topological polar surface area (TPSA) is 137 Å². The average Bonchev–Trinajstić information content (AvgIpc) is 3.30. The Morgan fingerprint density at radius 3 is 2.17 bits per heavy atom. The number of rotatable bonds is 7. The molecule has 2 fully saturated rings. The smallest absolute Gasteiger partial charge is 0.339 e. The number of anilines is 1. The van der Waals surface area contributed by atoms with E-state index in [2.05, 4.69) is 47.8 Å². The maximum atomic E-state index is 13.5. The normalized spacial score (nSPS) is 20.7. The molecule has 1 aromatic heterocycles. The van der Waals surface area contributed by atoms with Crippen molar-refractivity contribution in [1.82, 2.24) is 4.98 Å². The maximum absolute atomic E-state index is 13.5. The van der Waals surface area contributed by atoms with Crippen LogP contribution >= 0.6 is 59.4 Å². The first-order valence-corrected chi connectivity index (χ1v) is 17.4. The summed E-state index contributed by atoms with van der Waals surface area (Å²) in [6.45, 7) is 1.17. The minimum absolute atomic E-state index is 0.0979. The van der Waals surface area contributed by atoms with Crippen LogP contribution in [0, 0.1) is 28.9 Å². The number of carbonyl (C=O) groups is 4. The predicted molar refractivity (Wildman–Crippen MR) is 186 cm³/mol. The van der Waals surface area contributed by atoms with E-state index in [1.807, 2.05) is 0 Å². The molecule has 6 rings (SSSR count). The number of non-ortho nitro benzene ring substituents is 1. The van der Waals surface area contributed by atoms with E-state index < -0.39 is 23.3 Å². The number of fused-ring (bicyclic) bond motifs is 2. The summed E-state index contributed by atoms with van der Waals surface area (Å²) in [6, 6.07) is 15.0. The molecule has 14 heteroatoms. The molecule has 0 radical (unpaired) electrons. The van der Waals surface area contributed by atoms with Crippen LogP contribution in [-0.2, 0) is 14.3 Å². The highest BCUT2D eigenvalue weighted by Gasteiger charge is 2.52. The molecule has 4 unspecified atom stereocenters. The molecule has 4 aromatic rings. The third kappa shape index (κ3) is 6.26. The second-order valence-electron chi connectivity index (χ2n) is 11.3. The monoisotopic (exact) mass is 845 g/mol. The van der Waals surface area contributed by atoms with Gasteiger partial charge in [-0.25, -0.2) is 9.78 Å². The Morgan fingerprint density at radius 2 is 1.60 bits per heavy atom. The third-order valence-electron chi connectivity index (χ3n) is 8.51. The molecule has 0 N–H and O–H groups in total. The number of aryl methyl sites for hydroxylation is 1. The Hall–Kier alpha value is -3.52. The molecular formula is C33H23Br3ClN3O7. The zero-order valence-corrected chi connectivity index (χ0v) is 29.9.